The first-order valence-corrected chi connectivity index (χ1v) is 25.9. The SMILES string of the molecule is NC(=O)c1c(-c2ccc(Oc3ccccc3)cc2)nn2c1NCCC2C1CCN(C2CCN(C(=O)N3CCC(CC4CCN(c5ccc6c(c5)C(=O)N(C5CCC(=O)NC5=O)C6=O)CC4)CC3)CC2)CC1. The first-order valence-electron chi connectivity index (χ1n) is 25.9. The second-order valence-electron chi connectivity index (χ2n) is 20.8. The molecule has 0 bridgehead atoms. The molecule has 7 amide bonds. The molecule has 4 N–H and O–H groups in total. The van der Waals surface area contributed by atoms with E-state index < -0.39 is 29.7 Å². The maximum Gasteiger partial charge on any atom is 0.319 e. The van der Waals surface area contributed by atoms with Crippen LogP contribution in [0.3, 0.4) is 0 Å². The topological polar surface area (TPSA) is 196 Å². The minimum Gasteiger partial charge on any atom is -0.457 e. The van der Waals surface area contributed by atoms with Gasteiger partial charge in [-0.05, 0) is 156 Å². The van der Waals surface area contributed by atoms with E-state index in [0.29, 0.717) is 57.7 Å². The smallest absolute Gasteiger partial charge is 0.319 e. The third-order valence-electron chi connectivity index (χ3n) is 16.6. The number of hydrogen-bond donors (Lipinski definition) is 3. The van der Waals surface area contributed by atoms with E-state index in [4.69, 9.17) is 15.6 Å². The highest BCUT2D eigenvalue weighted by Crippen LogP contribution is 2.41. The first kappa shape index (κ1) is 46.6. The van der Waals surface area contributed by atoms with E-state index in [1.165, 1.54) is 0 Å². The number of nitrogens with zero attached hydrogens (tertiary/aromatic N) is 7. The van der Waals surface area contributed by atoms with Crippen LogP contribution in [-0.4, -0.2) is 136 Å². The molecule has 0 spiro atoms. The Labute approximate surface area is 414 Å². The summed E-state index contributed by atoms with van der Waals surface area (Å²) >= 11 is 0. The summed E-state index contributed by atoms with van der Waals surface area (Å²) in [4.78, 5) is 87.6. The van der Waals surface area contributed by atoms with Crippen molar-refractivity contribution in [1.29, 1.82) is 0 Å². The van der Waals surface area contributed by atoms with Crippen LogP contribution < -0.4 is 26.0 Å². The fourth-order valence-electron chi connectivity index (χ4n) is 12.7. The molecule has 3 aromatic carbocycles. The van der Waals surface area contributed by atoms with Gasteiger partial charge in [-0.15, -0.1) is 0 Å². The lowest BCUT2D eigenvalue weighted by molar-refractivity contribution is -0.136. The van der Waals surface area contributed by atoms with Crippen LogP contribution in [0.1, 0.15) is 114 Å². The van der Waals surface area contributed by atoms with E-state index in [9.17, 15) is 28.8 Å². The van der Waals surface area contributed by atoms with Gasteiger partial charge in [0.05, 0.1) is 17.2 Å². The molecule has 17 nitrogen and oxygen atoms in total. The number of rotatable bonds is 10. The summed E-state index contributed by atoms with van der Waals surface area (Å²) in [7, 11) is 0. The summed E-state index contributed by atoms with van der Waals surface area (Å²) in [6.45, 7) is 7.70. The van der Waals surface area contributed by atoms with Crippen molar-refractivity contribution in [2.45, 2.75) is 95.2 Å². The zero-order valence-corrected chi connectivity index (χ0v) is 40.3. The van der Waals surface area contributed by atoms with Gasteiger partial charge in [-0.3, -0.25) is 34.2 Å². The van der Waals surface area contributed by atoms with E-state index >= 15 is 0 Å². The van der Waals surface area contributed by atoms with E-state index in [2.05, 4.69) is 30.2 Å². The van der Waals surface area contributed by atoms with Gasteiger partial charge >= 0.3 is 6.03 Å². The minimum absolute atomic E-state index is 0.0930. The van der Waals surface area contributed by atoms with Gasteiger partial charge in [0, 0.05) is 69.5 Å². The molecule has 7 aliphatic heterocycles. The minimum atomic E-state index is -0.972. The van der Waals surface area contributed by atoms with Crippen LogP contribution >= 0.6 is 0 Å². The molecule has 5 saturated heterocycles. The van der Waals surface area contributed by atoms with Gasteiger partial charge in [-0.1, -0.05) is 18.2 Å². The number of hydrogen-bond acceptors (Lipinski definition) is 11. The number of imide groups is 2. The predicted molar refractivity (Wildman–Crippen MR) is 266 cm³/mol. The number of fused-ring (bicyclic) bond motifs is 2. The second-order valence-corrected chi connectivity index (χ2v) is 20.8. The van der Waals surface area contributed by atoms with E-state index in [-0.39, 0.29) is 30.8 Å². The van der Waals surface area contributed by atoms with Crippen LogP contribution in [-0.2, 0) is 9.59 Å². The highest BCUT2D eigenvalue weighted by molar-refractivity contribution is 6.23. The highest BCUT2D eigenvalue weighted by Gasteiger charge is 2.45. The third kappa shape index (κ3) is 9.36. The number of piperidine rings is 5. The molecular formula is C54H64N10O7. The molecule has 11 rings (SSSR count). The number of urea groups is 1. The van der Waals surface area contributed by atoms with E-state index in [1.807, 2.05) is 65.3 Å². The van der Waals surface area contributed by atoms with Crippen LogP contribution in [0.15, 0.2) is 72.8 Å². The highest BCUT2D eigenvalue weighted by atomic mass is 16.5. The van der Waals surface area contributed by atoms with Gasteiger partial charge in [0.1, 0.15) is 34.6 Å². The summed E-state index contributed by atoms with van der Waals surface area (Å²) in [5.74, 6) is 1.35. The summed E-state index contributed by atoms with van der Waals surface area (Å²) in [6, 6.07) is 22.5. The molecule has 0 aliphatic carbocycles. The average Bonchev–Trinajstić information content (AvgIpc) is 3.91. The van der Waals surface area contributed by atoms with Crippen LogP contribution in [0, 0.1) is 17.8 Å². The van der Waals surface area contributed by atoms with Gasteiger partial charge in [-0.2, -0.15) is 5.10 Å². The van der Waals surface area contributed by atoms with Crippen molar-refractivity contribution in [3.8, 4) is 22.8 Å². The van der Waals surface area contributed by atoms with Crippen LogP contribution in [0.2, 0.25) is 0 Å². The van der Waals surface area contributed by atoms with Gasteiger partial charge in [0.2, 0.25) is 11.8 Å². The largest absolute Gasteiger partial charge is 0.457 e. The maximum absolute atomic E-state index is 13.8. The van der Waals surface area contributed by atoms with Crippen molar-refractivity contribution < 1.29 is 33.5 Å². The fourth-order valence-corrected chi connectivity index (χ4v) is 12.7. The third-order valence-corrected chi connectivity index (χ3v) is 16.6. The number of nitrogens with two attached hydrogens (primary N) is 1. The molecule has 17 heteroatoms. The number of ether oxygens (including phenoxy) is 1. The molecular weight excluding hydrogens is 901 g/mol. The number of benzene rings is 3. The standard InChI is InChI=1S/C54H64N10O7/c55-49(66)47-48(37-6-9-41(10-7-37)71-40-4-2-1-3-5-40)58-64-44(14-23-56-50(47)64)36-19-28-59(29-20-36)38-21-30-62(31-22-38)54(70)61-26-17-35(18-27-61)32-34-15-24-60(25-16-34)39-8-11-42-43(33-39)53(69)63(52(42)68)45-12-13-46(65)57-51(45)67/h1-11,33-36,38,44-45,56H,12-32H2,(H2,55,66)(H,57,65,67). The maximum atomic E-state index is 13.8. The Morgan fingerprint density at radius 3 is 2.01 bits per heavy atom. The summed E-state index contributed by atoms with van der Waals surface area (Å²) in [5.41, 5.74) is 9.39. The fraction of sp³-hybridized carbons (Fsp3) is 0.500. The number of para-hydroxylation sites is 1. The number of amides is 7. The van der Waals surface area contributed by atoms with Crippen LogP contribution in [0.25, 0.3) is 11.3 Å². The molecule has 2 atom stereocenters. The molecule has 0 saturated carbocycles. The quantitative estimate of drug-likeness (QED) is 0.147. The number of primary amides is 1. The number of aromatic nitrogens is 2. The van der Waals surface area contributed by atoms with E-state index in [1.54, 1.807) is 12.1 Å². The Balaban J connectivity index is 0.614. The number of carbonyl (C=O) groups excluding carboxylic acids is 6. The zero-order valence-electron chi connectivity index (χ0n) is 40.3. The van der Waals surface area contributed by atoms with Crippen molar-refractivity contribution in [1.82, 2.24) is 34.7 Å². The Kier molecular flexibility index (Phi) is 13.0. The number of nitrogens with one attached hydrogen (secondary N) is 2. The van der Waals surface area contributed by atoms with Gasteiger partial charge in [0.25, 0.3) is 17.7 Å². The Morgan fingerprint density at radius 2 is 1.34 bits per heavy atom. The average molecular weight is 965 g/mol. The van der Waals surface area contributed by atoms with Crippen molar-refractivity contribution in [3.63, 3.8) is 0 Å². The monoisotopic (exact) mass is 964 g/mol. The zero-order chi connectivity index (χ0) is 48.8. The molecule has 8 heterocycles. The normalized spacial score (nSPS) is 23.1. The number of carbonyl (C=O) groups is 6. The van der Waals surface area contributed by atoms with E-state index in [0.717, 1.165) is 145 Å². The Morgan fingerprint density at radius 1 is 0.690 bits per heavy atom. The number of anilines is 2. The molecule has 372 valence electrons. The van der Waals surface area contributed by atoms with Gasteiger partial charge < -0.3 is 35.4 Å². The van der Waals surface area contributed by atoms with Crippen molar-refractivity contribution in [3.05, 3.63) is 89.5 Å². The van der Waals surface area contributed by atoms with Crippen molar-refractivity contribution in [2.24, 2.45) is 23.5 Å². The van der Waals surface area contributed by atoms with Gasteiger partial charge in [0.15, 0.2) is 0 Å². The lowest BCUT2D eigenvalue weighted by Gasteiger charge is -2.44. The lowest BCUT2D eigenvalue weighted by atomic mass is 9.82. The summed E-state index contributed by atoms with van der Waals surface area (Å²) in [5, 5.41) is 10.8. The molecule has 7 aliphatic rings. The molecule has 5 fully saturated rings. The number of likely N-dealkylation sites (tertiary alicyclic amines) is 3. The molecule has 1 aromatic heterocycles. The predicted octanol–water partition coefficient (Wildman–Crippen LogP) is 6.51. The Bertz CT molecular complexity index is 2680. The van der Waals surface area contributed by atoms with Crippen LogP contribution in [0.5, 0.6) is 11.5 Å². The van der Waals surface area contributed by atoms with Crippen molar-refractivity contribution >= 4 is 47.1 Å². The first-order chi connectivity index (χ1) is 34.6. The lowest BCUT2D eigenvalue weighted by Crippen LogP contribution is -2.54. The van der Waals surface area contributed by atoms with Gasteiger partial charge in [-0.25, -0.2) is 9.48 Å². The molecule has 71 heavy (non-hydrogen) atoms. The summed E-state index contributed by atoms with van der Waals surface area (Å²) in [6.07, 6.45) is 10.6. The molecule has 4 aromatic rings. The van der Waals surface area contributed by atoms with Crippen LogP contribution in [0.4, 0.5) is 16.3 Å². The molecule has 2 unspecified atom stereocenters. The van der Waals surface area contributed by atoms with Crippen molar-refractivity contribution in [2.75, 3.05) is 69.1 Å². The Hall–Kier alpha value is -6.75. The summed E-state index contributed by atoms with van der Waals surface area (Å²) < 4.78 is 8.04. The molecule has 0 radical (unpaired) electrons. The second kappa shape index (κ2) is 19.8.